The zero-order valence-electron chi connectivity index (χ0n) is 13.3. The molecular weight excluding hydrogens is 308 g/mol. The SMILES string of the molecule is O=C(NCC1CCN(C(=O)Oc2ccccc2)CC1)c1ccco1. The summed E-state index contributed by atoms with van der Waals surface area (Å²) in [7, 11) is 0. The Balaban J connectivity index is 1.41. The zero-order chi connectivity index (χ0) is 16.8. The second kappa shape index (κ2) is 7.68. The minimum Gasteiger partial charge on any atom is -0.459 e. The number of nitrogens with one attached hydrogen (secondary N) is 1. The quantitative estimate of drug-likeness (QED) is 0.937. The Kier molecular flexibility index (Phi) is 5.15. The Hall–Kier alpha value is -2.76. The number of para-hydroxylation sites is 1. The maximum Gasteiger partial charge on any atom is 0.415 e. The first-order valence-corrected chi connectivity index (χ1v) is 8.06. The summed E-state index contributed by atoms with van der Waals surface area (Å²) in [4.78, 5) is 25.7. The van der Waals surface area contributed by atoms with Crippen molar-refractivity contribution >= 4 is 12.0 Å². The molecule has 0 aliphatic carbocycles. The van der Waals surface area contributed by atoms with Gasteiger partial charge in [-0.25, -0.2) is 4.79 Å². The van der Waals surface area contributed by atoms with Gasteiger partial charge in [-0.05, 0) is 43.0 Å². The van der Waals surface area contributed by atoms with Crippen molar-refractivity contribution in [2.45, 2.75) is 12.8 Å². The van der Waals surface area contributed by atoms with Gasteiger partial charge in [0, 0.05) is 19.6 Å². The van der Waals surface area contributed by atoms with Crippen molar-refractivity contribution < 1.29 is 18.7 Å². The van der Waals surface area contributed by atoms with E-state index >= 15 is 0 Å². The molecule has 1 fully saturated rings. The van der Waals surface area contributed by atoms with E-state index in [4.69, 9.17) is 9.15 Å². The van der Waals surface area contributed by atoms with Gasteiger partial charge in [-0.3, -0.25) is 4.79 Å². The summed E-state index contributed by atoms with van der Waals surface area (Å²) in [6, 6.07) is 12.4. The van der Waals surface area contributed by atoms with Crippen LogP contribution >= 0.6 is 0 Å². The monoisotopic (exact) mass is 328 g/mol. The molecule has 1 aromatic heterocycles. The number of hydrogen-bond acceptors (Lipinski definition) is 4. The van der Waals surface area contributed by atoms with Crippen LogP contribution in [0.3, 0.4) is 0 Å². The van der Waals surface area contributed by atoms with Crippen LogP contribution in [0.1, 0.15) is 23.4 Å². The van der Waals surface area contributed by atoms with Crippen molar-refractivity contribution in [2.75, 3.05) is 19.6 Å². The molecule has 6 heteroatoms. The molecule has 1 saturated heterocycles. The number of ether oxygens (including phenoxy) is 1. The highest BCUT2D eigenvalue weighted by molar-refractivity contribution is 5.91. The number of carbonyl (C=O) groups is 2. The zero-order valence-corrected chi connectivity index (χ0v) is 13.3. The molecule has 0 unspecified atom stereocenters. The molecule has 0 atom stereocenters. The van der Waals surface area contributed by atoms with Crippen LogP contribution in [0.5, 0.6) is 5.75 Å². The van der Waals surface area contributed by atoms with Crippen molar-refractivity contribution in [3.05, 3.63) is 54.5 Å². The first kappa shape index (κ1) is 16.1. The third-order valence-electron chi connectivity index (χ3n) is 4.12. The van der Waals surface area contributed by atoms with Crippen LogP contribution in [0, 0.1) is 5.92 Å². The number of carbonyl (C=O) groups excluding carboxylic acids is 2. The Bertz CT molecular complexity index is 662. The number of piperidine rings is 1. The molecule has 2 heterocycles. The van der Waals surface area contributed by atoms with Crippen molar-refractivity contribution in [2.24, 2.45) is 5.92 Å². The average Bonchev–Trinajstić information content (AvgIpc) is 3.16. The third-order valence-corrected chi connectivity index (χ3v) is 4.12. The summed E-state index contributed by atoms with van der Waals surface area (Å²) in [6.07, 6.45) is 2.83. The topological polar surface area (TPSA) is 71.8 Å². The van der Waals surface area contributed by atoms with Gasteiger partial charge in [0.2, 0.25) is 0 Å². The maximum absolute atomic E-state index is 12.1. The third kappa shape index (κ3) is 4.16. The van der Waals surface area contributed by atoms with Crippen LogP contribution in [0.4, 0.5) is 4.79 Å². The van der Waals surface area contributed by atoms with Crippen molar-refractivity contribution in [1.82, 2.24) is 10.2 Å². The summed E-state index contributed by atoms with van der Waals surface area (Å²) in [5, 5.41) is 2.87. The fourth-order valence-corrected chi connectivity index (χ4v) is 2.71. The van der Waals surface area contributed by atoms with Gasteiger partial charge < -0.3 is 19.4 Å². The van der Waals surface area contributed by atoms with E-state index in [0.29, 0.717) is 37.1 Å². The number of furan rings is 1. The first-order valence-electron chi connectivity index (χ1n) is 8.06. The normalized spacial score (nSPS) is 15.1. The van der Waals surface area contributed by atoms with Gasteiger partial charge in [0.15, 0.2) is 5.76 Å². The molecule has 2 aromatic rings. The van der Waals surface area contributed by atoms with Gasteiger partial charge in [-0.15, -0.1) is 0 Å². The lowest BCUT2D eigenvalue weighted by atomic mass is 9.97. The van der Waals surface area contributed by atoms with Crippen LogP contribution in [-0.4, -0.2) is 36.5 Å². The van der Waals surface area contributed by atoms with E-state index in [0.717, 1.165) is 12.8 Å². The van der Waals surface area contributed by atoms with Crippen LogP contribution in [0.25, 0.3) is 0 Å². The number of rotatable bonds is 4. The highest BCUT2D eigenvalue weighted by Crippen LogP contribution is 2.18. The number of nitrogens with zero attached hydrogens (tertiary/aromatic N) is 1. The van der Waals surface area contributed by atoms with Gasteiger partial charge >= 0.3 is 6.09 Å². The van der Waals surface area contributed by atoms with Gasteiger partial charge in [-0.1, -0.05) is 18.2 Å². The molecule has 24 heavy (non-hydrogen) atoms. The van der Waals surface area contributed by atoms with Crippen LogP contribution in [-0.2, 0) is 0 Å². The molecule has 0 spiro atoms. The lowest BCUT2D eigenvalue weighted by Crippen LogP contribution is -2.42. The Labute approximate surface area is 140 Å². The van der Waals surface area contributed by atoms with E-state index in [1.165, 1.54) is 6.26 Å². The van der Waals surface area contributed by atoms with Crippen molar-refractivity contribution in [3.8, 4) is 5.75 Å². The van der Waals surface area contributed by atoms with Gasteiger partial charge in [0.1, 0.15) is 5.75 Å². The minimum atomic E-state index is -0.320. The fourth-order valence-electron chi connectivity index (χ4n) is 2.71. The summed E-state index contributed by atoms with van der Waals surface area (Å²) < 4.78 is 10.4. The van der Waals surface area contributed by atoms with E-state index in [9.17, 15) is 9.59 Å². The van der Waals surface area contributed by atoms with E-state index in [1.807, 2.05) is 18.2 Å². The minimum absolute atomic E-state index is 0.203. The van der Waals surface area contributed by atoms with E-state index in [2.05, 4.69) is 5.32 Å². The average molecular weight is 328 g/mol. The second-order valence-corrected chi connectivity index (χ2v) is 5.80. The molecule has 1 N–H and O–H groups in total. The molecular formula is C18H20N2O4. The molecule has 1 aromatic carbocycles. The Morgan fingerprint density at radius 3 is 2.54 bits per heavy atom. The molecule has 6 nitrogen and oxygen atoms in total. The largest absolute Gasteiger partial charge is 0.459 e. The summed E-state index contributed by atoms with van der Waals surface area (Å²) in [5.41, 5.74) is 0. The Morgan fingerprint density at radius 1 is 1.12 bits per heavy atom. The second-order valence-electron chi connectivity index (χ2n) is 5.80. The molecule has 0 saturated carbocycles. The van der Waals surface area contributed by atoms with Crippen molar-refractivity contribution in [3.63, 3.8) is 0 Å². The highest BCUT2D eigenvalue weighted by Gasteiger charge is 2.24. The number of hydrogen-bond donors (Lipinski definition) is 1. The van der Waals surface area contributed by atoms with Gasteiger partial charge in [0.25, 0.3) is 5.91 Å². The summed E-state index contributed by atoms with van der Waals surface area (Å²) >= 11 is 0. The smallest absolute Gasteiger partial charge is 0.415 e. The standard InChI is InChI=1S/C18H20N2O4/c21-17(16-7-4-12-23-16)19-13-14-8-10-20(11-9-14)18(22)24-15-5-2-1-3-6-15/h1-7,12,14H,8-11,13H2,(H,19,21). The fraction of sp³-hybridized carbons (Fsp3) is 0.333. The van der Waals surface area contributed by atoms with E-state index in [1.54, 1.807) is 29.2 Å². The molecule has 1 aliphatic heterocycles. The molecule has 0 bridgehead atoms. The molecule has 1 aliphatic rings. The lowest BCUT2D eigenvalue weighted by molar-refractivity contribution is 0.0904. The molecule has 126 valence electrons. The summed E-state index contributed by atoms with van der Waals surface area (Å²) in [6.45, 7) is 1.85. The molecule has 0 radical (unpaired) electrons. The Morgan fingerprint density at radius 2 is 1.88 bits per heavy atom. The molecule has 3 rings (SSSR count). The van der Waals surface area contributed by atoms with Gasteiger partial charge in [-0.2, -0.15) is 0 Å². The van der Waals surface area contributed by atoms with Crippen LogP contribution in [0.15, 0.2) is 53.1 Å². The summed E-state index contributed by atoms with van der Waals surface area (Å²) in [5.74, 6) is 1.02. The molecule has 2 amide bonds. The van der Waals surface area contributed by atoms with E-state index < -0.39 is 0 Å². The predicted molar refractivity (Wildman–Crippen MR) is 87.8 cm³/mol. The first-order chi connectivity index (χ1) is 11.7. The van der Waals surface area contributed by atoms with Crippen LogP contribution < -0.4 is 10.1 Å². The van der Waals surface area contributed by atoms with Crippen LogP contribution in [0.2, 0.25) is 0 Å². The lowest BCUT2D eigenvalue weighted by Gasteiger charge is -2.31. The van der Waals surface area contributed by atoms with Crippen molar-refractivity contribution in [1.29, 1.82) is 0 Å². The predicted octanol–water partition coefficient (Wildman–Crippen LogP) is 2.92. The maximum atomic E-state index is 12.1. The highest BCUT2D eigenvalue weighted by atomic mass is 16.6. The number of likely N-dealkylation sites (tertiary alicyclic amines) is 1. The van der Waals surface area contributed by atoms with E-state index in [-0.39, 0.29) is 12.0 Å². The number of benzene rings is 1. The number of amides is 2. The van der Waals surface area contributed by atoms with Gasteiger partial charge in [0.05, 0.1) is 6.26 Å².